The number of benzene rings is 1. The lowest BCUT2D eigenvalue weighted by Gasteiger charge is -2.12. The lowest BCUT2D eigenvalue weighted by molar-refractivity contribution is -0.137. The molecular weight excluding hydrogens is 273 g/mol. The van der Waals surface area contributed by atoms with E-state index in [-0.39, 0.29) is 0 Å². The summed E-state index contributed by atoms with van der Waals surface area (Å²) < 4.78 is 40.0. The van der Waals surface area contributed by atoms with E-state index in [1.165, 1.54) is 23.9 Å². The van der Waals surface area contributed by atoms with E-state index in [4.69, 9.17) is 0 Å². The van der Waals surface area contributed by atoms with Crippen LogP contribution in [0.2, 0.25) is 0 Å². The topological polar surface area (TPSA) is 17.8 Å². The van der Waals surface area contributed by atoms with Gasteiger partial charge in [-0.3, -0.25) is 0 Å². The summed E-state index contributed by atoms with van der Waals surface area (Å²) in [5.74, 6) is 1.38. The molecule has 1 heterocycles. The smallest absolute Gasteiger partial charge is 0.334 e. The zero-order chi connectivity index (χ0) is 14.0. The highest BCUT2D eigenvalue weighted by atomic mass is 32.2. The fraction of sp³-hybridized carbons (Fsp3) is 0.308. The third-order valence-corrected chi connectivity index (χ3v) is 3.61. The standard InChI is InChI=1S/C13H13F3N2S/c1-3-19-11-8-9(13(14,15)16)4-5-10(11)12-17-6-7-18(12)2/h4-8H,3H2,1-2H3. The Morgan fingerprint density at radius 1 is 1.32 bits per heavy atom. The molecule has 0 aliphatic rings. The molecular formula is C13H13F3N2S. The Kier molecular flexibility index (Phi) is 3.89. The van der Waals surface area contributed by atoms with Crippen LogP contribution in [-0.4, -0.2) is 15.3 Å². The lowest BCUT2D eigenvalue weighted by atomic mass is 10.1. The maximum Gasteiger partial charge on any atom is 0.416 e. The maximum atomic E-state index is 12.7. The van der Waals surface area contributed by atoms with E-state index in [0.29, 0.717) is 16.5 Å². The van der Waals surface area contributed by atoms with E-state index in [1.54, 1.807) is 17.0 Å². The first-order chi connectivity index (χ1) is 8.93. The third kappa shape index (κ3) is 2.94. The zero-order valence-corrected chi connectivity index (χ0v) is 11.3. The predicted octanol–water partition coefficient (Wildman–Crippen LogP) is 4.22. The molecule has 0 saturated carbocycles. The van der Waals surface area contributed by atoms with E-state index >= 15 is 0 Å². The average Bonchev–Trinajstić information content (AvgIpc) is 2.74. The molecule has 0 fully saturated rings. The van der Waals surface area contributed by atoms with Crippen molar-refractivity contribution in [2.24, 2.45) is 7.05 Å². The molecule has 0 unspecified atom stereocenters. The van der Waals surface area contributed by atoms with Crippen LogP contribution in [0.5, 0.6) is 0 Å². The van der Waals surface area contributed by atoms with Crippen LogP contribution >= 0.6 is 11.8 Å². The van der Waals surface area contributed by atoms with Crippen LogP contribution in [0, 0.1) is 0 Å². The average molecular weight is 286 g/mol. The molecule has 6 heteroatoms. The first-order valence-electron chi connectivity index (χ1n) is 5.75. The van der Waals surface area contributed by atoms with Crippen LogP contribution in [0.3, 0.4) is 0 Å². The van der Waals surface area contributed by atoms with Gasteiger partial charge in [0.05, 0.1) is 5.56 Å². The number of hydrogen-bond donors (Lipinski definition) is 0. The molecule has 0 bridgehead atoms. The molecule has 19 heavy (non-hydrogen) atoms. The first-order valence-corrected chi connectivity index (χ1v) is 6.73. The Hall–Kier alpha value is -1.43. The van der Waals surface area contributed by atoms with Gasteiger partial charge < -0.3 is 4.57 Å². The van der Waals surface area contributed by atoms with Crippen molar-refractivity contribution in [3.8, 4) is 11.4 Å². The molecule has 0 spiro atoms. The van der Waals surface area contributed by atoms with Crippen LogP contribution in [0.4, 0.5) is 13.2 Å². The molecule has 102 valence electrons. The number of alkyl halides is 3. The van der Waals surface area contributed by atoms with E-state index in [9.17, 15) is 13.2 Å². The molecule has 0 aliphatic heterocycles. The van der Waals surface area contributed by atoms with Gasteiger partial charge in [-0.2, -0.15) is 13.2 Å². The molecule has 0 radical (unpaired) electrons. The molecule has 2 nitrogen and oxygen atoms in total. The third-order valence-electron chi connectivity index (χ3n) is 2.67. The fourth-order valence-corrected chi connectivity index (χ4v) is 2.62. The summed E-state index contributed by atoms with van der Waals surface area (Å²) in [4.78, 5) is 4.79. The quantitative estimate of drug-likeness (QED) is 0.786. The molecule has 0 aliphatic carbocycles. The normalized spacial score (nSPS) is 11.8. The Bertz CT molecular complexity index is 576. The van der Waals surface area contributed by atoms with Gasteiger partial charge in [0.1, 0.15) is 5.82 Å². The number of thioether (sulfide) groups is 1. The number of rotatable bonds is 3. The highest BCUT2D eigenvalue weighted by Crippen LogP contribution is 2.36. The Labute approximate surface area is 113 Å². The van der Waals surface area contributed by atoms with Gasteiger partial charge in [0, 0.05) is 29.9 Å². The molecule has 0 amide bonds. The van der Waals surface area contributed by atoms with Crippen molar-refractivity contribution in [2.75, 3.05) is 5.75 Å². The number of hydrogen-bond acceptors (Lipinski definition) is 2. The van der Waals surface area contributed by atoms with Crippen LogP contribution in [0.1, 0.15) is 12.5 Å². The van der Waals surface area contributed by atoms with Crippen molar-refractivity contribution in [3.63, 3.8) is 0 Å². The van der Waals surface area contributed by atoms with E-state index in [2.05, 4.69) is 4.98 Å². The minimum atomic E-state index is -4.32. The van der Waals surface area contributed by atoms with Crippen molar-refractivity contribution >= 4 is 11.8 Å². The molecule has 1 aromatic carbocycles. The maximum absolute atomic E-state index is 12.7. The second kappa shape index (κ2) is 5.28. The van der Waals surface area contributed by atoms with Crippen LogP contribution < -0.4 is 0 Å². The van der Waals surface area contributed by atoms with Gasteiger partial charge in [-0.15, -0.1) is 11.8 Å². The summed E-state index contributed by atoms with van der Waals surface area (Å²) in [6.45, 7) is 1.91. The Morgan fingerprint density at radius 3 is 2.58 bits per heavy atom. The SMILES string of the molecule is CCSc1cc(C(F)(F)F)ccc1-c1nccn1C. The molecule has 0 N–H and O–H groups in total. The second-order valence-electron chi connectivity index (χ2n) is 4.00. The summed E-state index contributed by atoms with van der Waals surface area (Å²) >= 11 is 1.39. The minimum Gasteiger partial charge on any atom is -0.334 e. The molecule has 2 aromatic rings. The summed E-state index contributed by atoms with van der Waals surface area (Å²) in [6, 6.07) is 3.78. The second-order valence-corrected chi connectivity index (χ2v) is 5.31. The fourth-order valence-electron chi connectivity index (χ4n) is 1.78. The van der Waals surface area contributed by atoms with Crippen LogP contribution in [-0.2, 0) is 13.2 Å². The van der Waals surface area contributed by atoms with E-state index < -0.39 is 11.7 Å². The van der Waals surface area contributed by atoms with Gasteiger partial charge in [0.2, 0.25) is 0 Å². The van der Waals surface area contributed by atoms with Gasteiger partial charge >= 0.3 is 6.18 Å². The lowest BCUT2D eigenvalue weighted by Crippen LogP contribution is -2.05. The number of imidazole rings is 1. The van der Waals surface area contributed by atoms with Gasteiger partial charge in [0.25, 0.3) is 0 Å². The predicted molar refractivity (Wildman–Crippen MR) is 70.0 cm³/mol. The number of aromatic nitrogens is 2. The van der Waals surface area contributed by atoms with Crippen molar-refractivity contribution in [3.05, 3.63) is 36.2 Å². The highest BCUT2D eigenvalue weighted by Gasteiger charge is 2.31. The zero-order valence-electron chi connectivity index (χ0n) is 10.5. The molecule has 2 rings (SSSR count). The molecule has 1 aromatic heterocycles. The van der Waals surface area contributed by atoms with Gasteiger partial charge in [-0.1, -0.05) is 6.92 Å². The summed E-state index contributed by atoms with van der Waals surface area (Å²) in [7, 11) is 1.82. The van der Waals surface area contributed by atoms with Crippen molar-refractivity contribution in [1.29, 1.82) is 0 Å². The number of nitrogens with zero attached hydrogens (tertiary/aromatic N) is 2. The number of aryl methyl sites for hydroxylation is 1. The van der Waals surface area contributed by atoms with Gasteiger partial charge in [-0.25, -0.2) is 4.98 Å². The van der Waals surface area contributed by atoms with E-state index in [1.807, 2.05) is 14.0 Å². The van der Waals surface area contributed by atoms with Crippen molar-refractivity contribution in [2.45, 2.75) is 18.0 Å². The van der Waals surface area contributed by atoms with Crippen LogP contribution in [0.25, 0.3) is 11.4 Å². The molecule has 0 atom stereocenters. The van der Waals surface area contributed by atoms with Crippen molar-refractivity contribution in [1.82, 2.24) is 9.55 Å². The monoisotopic (exact) mass is 286 g/mol. The highest BCUT2D eigenvalue weighted by molar-refractivity contribution is 7.99. The van der Waals surface area contributed by atoms with Crippen LogP contribution in [0.15, 0.2) is 35.5 Å². The summed E-state index contributed by atoms with van der Waals surface area (Å²) in [5, 5.41) is 0. The summed E-state index contributed by atoms with van der Waals surface area (Å²) in [6.07, 6.45) is -0.913. The Balaban J connectivity index is 2.53. The first kappa shape index (κ1) is 14.0. The van der Waals surface area contributed by atoms with E-state index in [0.717, 1.165) is 11.6 Å². The Morgan fingerprint density at radius 2 is 2.05 bits per heavy atom. The number of halogens is 3. The van der Waals surface area contributed by atoms with Gasteiger partial charge in [0.15, 0.2) is 0 Å². The summed E-state index contributed by atoms with van der Waals surface area (Å²) in [5.41, 5.74) is 0.105. The minimum absolute atomic E-state index is 0.603. The van der Waals surface area contributed by atoms with Crippen molar-refractivity contribution < 1.29 is 13.2 Å². The van der Waals surface area contributed by atoms with Gasteiger partial charge in [-0.05, 0) is 24.0 Å². The molecule has 0 saturated heterocycles. The largest absolute Gasteiger partial charge is 0.416 e.